The summed E-state index contributed by atoms with van der Waals surface area (Å²) < 4.78 is 44.4. The maximum Gasteiger partial charge on any atom is 0.194 e. The molecule has 1 aromatic heterocycles. The van der Waals surface area contributed by atoms with Crippen molar-refractivity contribution in [1.29, 1.82) is 0 Å². The first-order valence-corrected chi connectivity index (χ1v) is 4.95. The predicted molar refractivity (Wildman–Crippen MR) is 55.8 cm³/mol. The van der Waals surface area contributed by atoms with Gasteiger partial charge in [-0.25, -0.2) is 13.2 Å². The fraction of sp³-hybridized carbons (Fsp3) is 0.167. The van der Waals surface area contributed by atoms with E-state index in [-0.39, 0.29) is 5.56 Å². The molecule has 2 nitrogen and oxygen atoms in total. The van der Waals surface area contributed by atoms with Crippen molar-refractivity contribution in [1.82, 2.24) is 0 Å². The molecule has 2 N–H and O–H groups in total. The van der Waals surface area contributed by atoms with Gasteiger partial charge in [-0.15, -0.1) is 0 Å². The molecular weight excluding hydrogens is 231 g/mol. The second-order valence-electron chi connectivity index (χ2n) is 3.71. The van der Waals surface area contributed by atoms with E-state index in [0.717, 1.165) is 17.7 Å². The Morgan fingerprint density at radius 2 is 1.82 bits per heavy atom. The number of hydrogen-bond donors (Lipinski definition) is 1. The number of furan rings is 1. The average molecular weight is 241 g/mol. The molecule has 17 heavy (non-hydrogen) atoms. The molecule has 0 aliphatic carbocycles. The van der Waals surface area contributed by atoms with Gasteiger partial charge < -0.3 is 10.2 Å². The lowest BCUT2D eigenvalue weighted by Gasteiger charge is -2.12. The molecule has 0 aliphatic rings. The molecule has 0 saturated heterocycles. The third-order valence-corrected chi connectivity index (χ3v) is 2.58. The summed E-state index contributed by atoms with van der Waals surface area (Å²) >= 11 is 0. The summed E-state index contributed by atoms with van der Waals surface area (Å²) in [6, 6.07) is 2.65. The molecule has 0 fully saturated rings. The zero-order chi connectivity index (χ0) is 12.6. The highest BCUT2D eigenvalue weighted by Crippen LogP contribution is 2.27. The second kappa shape index (κ2) is 4.25. The Bertz CT molecular complexity index is 551. The lowest BCUT2D eigenvalue weighted by Crippen LogP contribution is -2.15. The van der Waals surface area contributed by atoms with Gasteiger partial charge in [-0.2, -0.15) is 0 Å². The molecule has 2 rings (SSSR count). The first-order chi connectivity index (χ1) is 8.02. The van der Waals surface area contributed by atoms with Crippen molar-refractivity contribution in [3.63, 3.8) is 0 Å². The largest absolute Gasteiger partial charge is 0.467 e. The van der Waals surface area contributed by atoms with E-state index >= 15 is 0 Å². The molecule has 0 spiro atoms. The highest BCUT2D eigenvalue weighted by Gasteiger charge is 2.22. The summed E-state index contributed by atoms with van der Waals surface area (Å²) in [4.78, 5) is 0. The van der Waals surface area contributed by atoms with Gasteiger partial charge in [0.05, 0.1) is 12.3 Å². The maximum atomic E-state index is 13.5. The molecule has 90 valence electrons. The molecule has 1 aromatic carbocycles. The minimum absolute atomic E-state index is 0.137. The number of aryl methyl sites for hydroxylation is 1. The Hall–Kier alpha value is -1.75. The summed E-state index contributed by atoms with van der Waals surface area (Å²) in [5, 5.41) is 0. The van der Waals surface area contributed by atoms with Crippen LogP contribution < -0.4 is 5.73 Å². The summed E-state index contributed by atoms with van der Waals surface area (Å²) in [6.45, 7) is 1.73. The fourth-order valence-electron chi connectivity index (χ4n) is 1.63. The summed E-state index contributed by atoms with van der Waals surface area (Å²) in [5.41, 5.74) is 6.35. The van der Waals surface area contributed by atoms with Crippen LogP contribution in [-0.2, 0) is 0 Å². The molecule has 0 aliphatic heterocycles. The third kappa shape index (κ3) is 1.93. The van der Waals surface area contributed by atoms with Gasteiger partial charge in [-0.3, -0.25) is 0 Å². The van der Waals surface area contributed by atoms with E-state index in [1.54, 1.807) is 13.0 Å². The van der Waals surface area contributed by atoms with Crippen molar-refractivity contribution in [3.05, 3.63) is 58.8 Å². The van der Waals surface area contributed by atoms with Gasteiger partial charge in [0, 0.05) is 5.56 Å². The lowest BCUT2D eigenvalue weighted by molar-refractivity contribution is 0.428. The van der Waals surface area contributed by atoms with E-state index in [1.807, 2.05) is 0 Å². The Kier molecular flexibility index (Phi) is 2.93. The van der Waals surface area contributed by atoms with Crippen LogP contribution in [0.15, 0.2) is 28.9 Å². The van der Waals surface area contributed by atoms with Crippen molar-refractivity contribution in [3.8, 4) is 0 Å². The van der Waals surface area contributed by atoms with E-state index in [9.17, 15) is 13.2 Å². The molecule has 1 unspecified atom stereocenters. The Labute approximate surface area is 95.8 Å². The highest BCUT2D eigenvalue weighted by molar-refractivity contribution is 5.32. The first-order valence-electron chi connectivity index (χ1n) is 4.95. The number of hydrogen-bond acceptors (Lipinski definition) is 2. The van der Waals surface area contributed by atoms with Gasteiger partial charge in [-0.1, -0.05) is 6.07 Å². The number of rotatable bonds is 2. The molecule has 0 radical (unpaired) electrons. The minimum Gasteiger partial charge on any atom is -0.467 e. The van der Waals surface area contributed by atoms with Crippen LogP contribution in [0.5, 0.6) is 0 Å². The Morgan fingerprint density at radius 1 is 1.12 bits per heavy atom. The highest BCUT2D eigenvalue weighted by atomic mass is 19.2. The Balaban J connectivity index is 2.48. The lowest BCUT2D eigenvalue weighted by atomic mass is 10.0. The standard InChI is InChI=1S/C12H10F3NO/c1-6-4-5-17-12(6)11(16)7-2-3-8(13)10(15)9(7)14/h2-5,11H,16H2,1H3. The van der Waals surface area contributed by atoms with Crippen molar-refractivity contribution in [2.24, 2.45) is 5.73 Å². The van der Waals surface area contributed by atoms with Gasteiger partial charge in [0.25, 0.3) is 0 Å². The normalized spacial score (nSPS) is 12.8. The van der Waals surface area contributed by atoms with E-state index in [2.05, 4.69) is 0 Å². The summed E-state index contributed by atoms with van der Waals surface area (Å²) in [7, 11) is 0. The zero-order valence-electron chi connectivity index (χ0n) is 9.01. The smallest absolute Gasteiger partial charge is 0.194 e. The SMILES string of the molecule is Cc1ccoc1C(N)c1ccc(F)c(F)c1F. The van der Waals surface area contributed by atoms with Crippen LogP contribution >= 0.6 is 0 Å². The van der Waals surface area contributed by atoms with Crippen LogP contribution in [0.4, 0.5) is 13.2 Å². The van der Waals surface area contributed by atoms with E-state index in [1.165, 1.54) is 6.26 Å². The van der Waals surface area contributed by atoms with Gasteiger partial charge in [0.2, 0.25) is 0 Å². The molecule has 1 heterocycles. The number of benzene rings is 1. The van der Waals surface area contributed by atoms with Crippen molar-refractivity contribution >= 4 is 0 Å². The molecule has 0 amide bonds. The summed E-state index contributed by atoms with van der Waals surface area (Å²) in [5.74, 6) is -3.72. The van der Waals surface area contributed by atoms with Crippen LogP contribution in [0.25, 0.3) is 0 Å². The van der Waals surface area contributed by atoms with Gasteiger partial charge in [0.15, 0.2) is 17.5 Å². The van der Waals surface area contributed by atoms with Crippen LogP contribution in [0.3, 0.4) is 0 Å². The molecule has 0 saturated carbocycles. The van der Waals surface area contributed by atoms with Crippen LogP contribution in [-0.4, -0.2) is 0 Å². The van der Waals surface area contributed by atoms with E-state index in [0.29, 0.717) is 5.76 Å². The van der Waals surface area contributed by atoms with Crippen LogP contribution in [0.1, 0.15) is 22.9 Å². The molecular formula is C12H10F3NO. The minimum atomic E-state index is -1.53. The van der Waals surface area contributed by atoms with E-state index in [4.69, 9.17) is 10.2 Å². The Morgan fingerprint density at radius 3 is 2.41 bits per heavy atom. The molecule has 2 aromatic rings. The quantitative estimate of drug-likeness (QED) is 0.821. The van der Waals surface area contributed by atoms with Crippen molar-refractivity contribution < 1.29 is 17.6 Å². The topological polar surface area (TPSA) is 39.2 Å². The van der Waals surface area contributed by atoms with Crippen LogP contribution in [0, 0.1) is 24.4 Å². The second-order valence-corrected chi connectivity index (χ2v) is 3.71. The molecule has 1 atom stereocenters. The van der Waals surface area contributed by atoms with Gasteiger partial charge >= 0.3 is 0 Å². The number of halogens is 3. The van der Waals surface area contributed by atoms with Crippen molar-refractivity contribution in [2.45, 2.75) is 13.0 Å². The number of nitrogens with two attached hydrogens (primary N) is 1. The zero-order valence-corrected chi connectivity index (χ0v) is 9.01. The average Bonchev–Trinajstić information content (AvgIpc) is 2.72. The summed E-state index contributed by atoms with van der Waals surface area (Å²) in [6.07, 6.45) is 1.41. The van der Waals surface area contributed by atoms with Gasteiger partial charge in [-0.05, 0) is 24.6 Å². The monoisotopic (exact) mass is 241 g/mol. The fourth-order valence-corrected chi connectivity index (χ4v) is 1.63. The maximum absolute atomic E-state index is 13.5. The van der Waals surface area contributed by atoms with Gasteiger partial charge in [0.1, 0.15) is 5.76 Å². The third-order valence-electron chi connectivity index (χ3n) is 2.58. The van der Waals surface area contributed by atoms with E-state index < -0.39 is 23.5 Å². The predicted octanol–water partition coefficient (Wildman–Crippen LogP) is 3.05. The molecule has 0 bridgehead atoms. The first kappa shape index (κ1) is 11.7. The molecule has 5 heteroatoms. The van der Waals surface area contributed by atoms with Crippen LogP contribution in [0.2, 0.25) is 0 Å². The van der Waals surface area contributed by atoms with Crippen molar-refractivity contribution in [2.75, 3.05) is 0 Å².